The van der Waals surface area contributed by atoms with Crippen LogP contribution in [0.1, 0.15) is 70.1 Å². The van der Waals surface area contributed by atoms with E-state index in [0.29, 0.717) is 50.1 Å². The van der Waals surface area contributed by atoms with Crippen LogP contribution in [0.2, 0.25) is 0 Å². The molecule has 2 heterocycles. The van der Waals surface area contributed by atoms with Crippen LogP contribution < -0.4 is 5.32 Å². The Hall–Kier alpha value is -3.07. The van der Waals surface area contributed by atoms with Crippen molar-refractivity contribution in [3.8, 4) is 0 Å². The van der Waals surface area contributed by atoms with Gasteiger partial charge in [0.05, 0.1) is 11.1 Å². The van der Waals surface area contributed by atoms with E-state index in [1.54, 1.807) is 24.1 Å². The second kappa shape index (κ2) is 10.5. The van der Waals surface area contributed by atoms with E-state index in [-0.39, 0.29) is 60.4 Å². The maximum absolute atomic E-state index is 13.0. The molecule has 1 saturated heterocycles. The molecule has 0 bridgehead atoms. The number of ether oxygens (including phenoxy) is 1. The Bertz CT molecular complexity index is 920. The lowest BCUT2D eigenvalue weighted by Gasteiger charge is -2.32. The van der Waals surface area contributed by atoms with Crippen molar-refractivity contribution < 1.29 is 28.7 Å². The van der Waals surface area contributed by atoms with Crippen LogP contribution in [0.25, 0.3) is 0 Å². The average molecular weight is 444 g/mol. The molecular formula is C23H29N3O6. The van der Waals surface area contributed by atoms with Crippen LogP contribution in [0.15, 0.2) is 18.2 Å². The summed E-state index contributed by atoms with van der Waals surface area (Å²) in [7, 11) is 1.56. The smallest absolute Gasteiger partial charge is 0.261 e. The van der Waals surface area contributed by atoms with Crippen molar-refractivity contribution in [2.75, 3.05) is 33.4 Å². The van der Waals surface area contributed by atoms with Crippen molar-refractivity contribution in [2.45, 2.75) is 45.1 Å². The van der Waals surface area contributed by atoms with Crippen LogP contribution in [0.5, 0.6) is 0 Å². The second-order valence-electron chi connectivity index (χ2n) is 8.20. The molecule has 0 aromatic heterocycles. The van der Waals surface area contributed by atoms with Crippen LogP contribution in [-0.4, -0.2) is 78.6 Å². The molecular weight excluding hydrogens is 414 g/mol. The predicted molar refractivity (Wildman–Crippen MR) is 115 cm³/mol. The van der Waals surface area contributed by atoms with E-state index in [4.69, 9.17) is 4.74 Å². The van der Waals surface area contributed by atoms with Crippen LogP contribution >= 0.6 is 0 Å². The van der Waals surface area contributed by atoms with Crippen molar-refractivity contribution in [1.82, 2.24) is 15.1 Å². The van der Waals surface area contributed by atoms with E-state index in [1.807, 2.05) is 0 Å². The molecule has 172 valence electrons. The van der Waals surface area contributed by atoms with Crippen molar-refractivity contribution >= 4 is 29.4 Å². The molecule has 1 aromatic carbocycles. The SMILES string of the molecule is COCCCN1C(=O)c2ccc(C(=O)N3CCC(NC(=O)CCC(C)=O)CC3)cc2C1=O. The van der Waals surface area contributed by atoms with Gasteiger partial charge in [0.1, 0.15) is 5.78 Å². The number of likely N-dealkylation sites (tertiary alicyclic amines) is 1. The fourth-order valence-electron chi connectivity index (χ4n) is 3.99. The minimum Gasteiger partial charge on any atom is -0.385 e. The number of nitrogens with zero attached hydrogens (tertiary/aromatic N) is 2. The highest BCUT2D eigenvalue weighted by Crippen LogP contribution is 2.25. The summed E-state index contributed by atoms with van der Waals surface area (Å²) in [6.45, 7) is 3.13. The number of hydrogen-bond donors (Lipinski definition) is 1. The number of carbonyl (C=O) groups is 5. The topological polar surface area (TPSA) is 113 Å². The van der Waals surface area contributed by atoms with Crippen molar-refractivity contribution in [3.63, 3.8) is 0 Å². The van der Waals surface area contributed by atoms with Gasteiger partial charge in [0.2, 0.25) is 5.91 Å². The van der Waals surface area contributed by atoms with Crippen molar-refractivity contribution in [2.24, 2.45) is 0 Å². The van der Waals surface area contributed by atoms with Gasteiger partial charge in [-0.1, -0.05) is 0 Å². The molecule has 2 aliphatic rings. The van der Waals surface area contributed by atoms with Gasteiger partial charge in [-0.3, -0.25) is 24.1 Å². The first-order valence-corrected chi connectivity index (χ1v) is 10.9. The molecule has 0 radical (unpaired) electrons. The molecule has 3 rings (SSSR count). The summed E-state index contributed by atoms with van der Waals surface area (Å²) in [5.41, 5.74) is 0.939. The summed E-state index contributed by atoms with van der Waals surface area (Å²) in [6, 6.07) is 4.60. The van der Waals surface area contributed by atoms with Gasteiger partial charge in [-0.15, -0.1) is 0 Å². The van der Waals surface area contributed by atoms with E-state index in [9.17, 15) is 24.0 Å². The molecule has 1 fully saturated rings. The van der Waals surface area contributed by atoms with Crippen molar-refractivity contribution in [3.05, 3.63) is 34.9 Å². The number of rotatable bonds is 9. The van der Waals surface area contributed by atoms with Gasteiger partial charge in [-0.2, -0.15) is 0 Å². The summed E-state index contributed by atoms with van der Waals surface area (Å²) in [5, 5.41) is 2.92. The summed E-state index contributed by atoms with van der Waals surface area (Å²) in [4.78, 5) is 63.9. The number of benzene rings is 1. The van der Waals surface area contributed by atoms with Crippen LogP contribution in [0.3, 0.4) is 0 Å². The van der Waals surface area contributed by atoms with E-state index in [0.717, 1.165) is 0 Å². The Kier molecular flexibility index (Phi) is 7.74. The number of carbonyl (C=O) groups excluding carboxylic acids is 5. The van der Waals surface area contributed by atoms with Gasteiger partial charge in [-0.05, 0) is 44.4 Å². The number of hydrogen-bond acceptors (Lipinski definition) is 6. The predicted octanol–water partition coefficient (Wildman–Crippen LogP) is 1.41. The van der Waals surface area contributed by atoms with Gasteiger partial charge in [-0.25, -0.2) is 0 Å². The quantitative estimate of drug-likeness (QED) is 0.456. The summed E-state index contributed by atoms with van der Waals surface area (Å²) in [5.74, 6) is -1.11. The van der Waals surface area contributed by atoms with E-state index in [1.165, 1.54) is 17.9 Å². The number of methoxy groups -OCH3 is 1. The third-order valence-electron chi connectivity index (χ3n) is 5.80. The number of ketones is 1. The maximum atomic E-state index is 13.0. The van der Waals surface area contributed by atoms with E-state index < -0.39 is 0 Å². The number of Topliss-reactive ketones (excluding diaryl/α,β-unsaturated/α-hetero) is 1. The minimum atomic E-state index is -0.386. The molecule has 9 nitrogen and oxygen atoms in total. The molecule has 0 unspecified atom stereocenters. The standard InChI is InChI=1S/C23H29N3O6/c1-15(27)4-7-20(28)24-17-8-11-25(12-9-17)21(29)16-5-6-18-19(14-16)23(31)26(22(18)30)10-3-13-32-2/h5-6,14,17H,3-4,7-13H2,1-2H3,(H,24,28). The molecule has 32 heavy (non-hydrogen) atoms. The normalized spacial score (nSPS) is 16.3. The number of fused-ring (bicyclic) bond motifs is 1. The van der Waals surface area contributed by atoms with Gasteiger partial charge < -0.3 is 19.7 Å². The zero-order valence-corrected chi connectivity index (χ0v) is 18.5. The second-order valence-corrected chi connectivity index (χ2v) is 8.20. The molecule has 2 aliphatic heterocycles. The highest BCUT2D eigenvalue weighted by Gasteiger charge is 2.36. The highest BCUT2D eigenvalue weighted by atomic mass is 16.5. The van der Waals surface area contributed by atoms with Crippen LogP contribution in [0.4, 0.5) is 0 Å². The van der Waals surface area contributed by atoms with Crippen LogP contribution in [0, 0.1) is 0 Å². The number of imide groups is 1. The largest absolute Gasteiger partial charge is 0.385 e. The van der Waals surface area contributed by atoms with Crippen molar-refractivity contribution in [1.29, 1.82) is 0 Å². The Morgan fingerprint density at radius 1 is 1.06 bits per heavy atom. The number of nitrogens with one attached hydrogen (secondary N) is 1. The Morgan fingerprint density at radius 2 is 1.75 bits per heavy atom. The van der Waals surface area contributed by atoms with Gasteiger partial charge in [0, 0.05) is 57.8 Å². The lowest BCUT2D eigenvalue weighted by Crippen LogP contribution is -2.46. The summed E-state index contributed by atoms with van der Waals surface area (Å²) < 4.78 is 4.98. The highest BCUT2D eigenvalue weighted by molar-refractivity contribution is 6.22. The molecule has 1 aromatic rings. The van der Waals surface area contributed by atoms with Gasteiger partial charge in [0.15, 0.2) is 0 Å². The molecule has 4 amide bonds. The Labute approximate surface area is 187 Å². The Balaban J connectivity index is 1.57. The zero-order valence-electron chi connectivity index (χ0n) is 18.5. The zero-order chi connectivity index (χ0) is 23.3. The third-order valence-corrected chi connectivity index (χ3v) is 5.80. The monoisotopic (exact) mass is 443 g/mol. The molecule has 0 aliphatic carbocycles. The Morgan fingerprint density at radius 3 is 2.41 bits per heavy atom. The summed E-state index contributed by atoms with van der Waals surface area (Å²) >= 11 is 0. The fraction of sp³-hybridized carbons (Fsp3) is 0.522. The average Bonchev–Trinajstić information content (AvgIpc) is 3.02. The van der Waals surface area contributed by atoms with Gasteiger partial charge >= 0.3 is 0 Å². The first kappa shape index (κ1) is 23.6. The molecule has 0 spiro atoms. The molecule has 0 atom stereocenters. The first-order valence-electron chi connectivity index (χ1n) is 10.9. The fourth-order valence-corrected chi connectivity index (χ4v) is 3.99. The lowest BCUT2D eigenvalue weighted by atomic mass is 10.0. The van der Waals surface area contributed by atoms with E-state index in [2.05, 4.69) is 5.32 Å². The molecule has 1 N–H and O–H groups in total. The first-order chi connectivity index (χ1) is 15.3. The van der Waals surface area contributed by atoms with E-state index >= 15 is 0 Å². The number of piperidine rings is 1. The van der Waals surface area contributed by atoms with Crippen LogP contribution in [-0.2, 0) is 14.3 Å². The summed E-state index contributed by atoms with van der Waals surface area (Å²) in [6.07, 6.45) is 2.19. The maximum Gasteiger partial charge on any atom is 0.261 e. The minimum absolute atomic E-state index is 0.0202. The number of amides is 4. The van der Waals surface area contributed by atoms with Gasteiger partial charge in [0.25, 0.3) is 17.7 Å². The lowest BCUT2D eigenvalue weighted by molar-refractivity contribution is -0.125. The molecule has 0 saturated carbocycles. The third kappa shape index (κ3) is 5.40. The molecule has 9 heteroatoms.